The number of amides is 2. The lowest BCUT2D eigenvalue weighted by Gasteiger charge is -2.30. The second-order valence-electron chi connectivity index (χ2n) is 8.19. The van der Waals surface area contributed by atoms with Gasteiger partial charge in [-0.25, -0.2) is 9.78 Å². The molecule has 9 heteroatoms. The van der Waals surface area contributed by atoms with Crippen LogP contribution in [0.3, 0.4) is 0 Å². The molecular weight excluding hydrogens is 428 g/mol. The van der Waals surface area contributed by atoms with E-state index in [4.69, 9.17) is 4.74 Å². The number of piperidine rings is 1. The van der Waals surface area contributed by atoms with Gasteiger partial charge in [-0.2, -0.15) is 0 Å². The maximum absolute atomic E-state index is 12.7. The zero-order valence-electron chi connectivity index (χ0n) is 18.1. The lowest BCUT2D eigenvalue weighted by atomic mass is 9.96. The molecule has 2 fully saturated rings. The monoisotopic (exact) mass is 456 g/mol. The lowest BCUT2D eigenvalue weighted by molar-refractivity contribution is -0.121. The van der Waals surface area contributed by atoms with Gasteiger partial charge < -0.3 is 15.4 Å². The number of hydrogen-bond acceptors (Lipinski definition) is 7. The summed E-state index contributed by atoms with van der Waals surface area (Å²) in [7, 11) is 0. The predicted octanol–water partition coefficient (Wildman–Crippen LogP) is 3.49. The summed E-state index contributed by atoms with van der Waals surface area (Å²) >= 11 is 1.38. The number of likely N-dealkylation sites (tertiary alicyclic amines) is 1. The van der Waals surface area contributed by atoms with Crippen molar-refractivity contribution in [3.8, 4) is 0 Å². The van der Waals surface area contributed by atoms with Gasteiger partial charge in [-0.15, -0.1) is 11.3 Å². The van der Waals surface area contributed by atoms with Crippen LogP contribution >= 0.6 is 11.3 Å². The second kappa shape index (κ2) is 10.2. The Morgan fingerprint density at radius 2 is 1.94 bits per heavy atom. The molecule has 0 atom stereocenters. The molecule has 0 aromatic carbocycles. The third-order valence-electron chi connectivity index (χ3n) is 5.81. The van der Waals surface area contributed by atoms with Crippen LogP contribution in [0, 0.1) is 5.92 Å². The molecule has 32 heavy (non-hydrogen) atoms. The zero-order chi connectivity index (χ0) is 22.5. The van der Waals surface area contributed by atoms with Crippen molar-refractivity contribution in [3.05, 3.63) is 40.9 Å². The first-order valence-electron chi connectivity index (χ1n) is 11.1. The van der Waals surface area contributed by atoms with Crippen molar-refractivity contribution in [2.45, 2.75) is 38.5 Å². The number of ether oxygens (including phenoxy) is 1. The number of carbonyl (C=O) groups is 3. The molecule has 8 nitrogen and oxygen atoms in total. The summed E-state index contributed by atoms with van der Waals surface area (Å²) in [5.74, 6) is 0.302. The number of carbonyl (C=O) groups excluding carboxylic acids is 3. The molecule has 1 saturated carbocycles. The van der Waals surface area contributed by atoms with Crippen LogP contribution < -0.4 is 10.6 Å². The van der Waals surface area contributed by atoms with Gasteiger partial charge in [0, 0.05) is 12.1 Å². The molecule has 0 spiro atoms. The molecule has 4 rings (SSSR count). The topological polar surface area (TPSA) is 101 Å². The Hall–Kier alpha value is -2.78. The fraction of sp³-hybridized carbons (Fsp3) is 0.478. The number of esters is 1. The van der Waals surface area contributed by atoms with Crippen LogP contribution in [-0.4, -0.2) is 53.9 Å². The number of hydrogen-bond donors (Lipinski definition) is 2. The fourth-order valence-electron chi connectivity index (χ4n) is 3.96. The molecule has 2 aliphatic rings. The van der Waals surface area contributed by atoms with E-state index < -0.39 is 0 Å². The Morgan fingerprint density at radius 1 is 1.16 bits per heavy atom. The number of rotatable bonds is 8. The molecule has 1 aliphatic carbocycles. The van der Waals surface area contributed by atoms with Crippen molar-refractivity contribution in [2.75, 3.05) is 36.9 Å². The summed E-state index contributed by atoms with van der Waals surface area (Å²) in [6.45, 7) is 3.63. The highest BCUT2D eigenvalue weighted by atomic mass is 32.1. The SMILES string of the molecule is CCOC(=O)c1c(C2CC2)csc1NC(=O)CN1CCC(C(=O)Nc2ccccn2)CC1. The Bertz CT molecular complexity index is 966. The zero-order valence-corrected chi connectivity index (χ0v) is 19.0. The van der Waals surface area contributed by atoms with Gasteiger partial charge in [-0.3, -0.25) is 14.5 Å². The molecule has 1 aliphatic heterocycles. The molecule has 2 aromatic heterocycles. The van der Waals surface area contributed by atoms with Crippen molar-refractivity contribution in [3.63, 3.8) is 0 Å². The smallest absolute Gasteiger partial charge is 0.341 e. The number of pyridine rings is 1. The summed E-state index contributed by atoms with van der Waals surface area (Å²) in [4.78, 5) is 43.8. The molecule has 2 amide bonds. The van der Waals surface area contributed by atoms with Crippen molar-refractivity contribution in [1.29, 1.82) is 0 Å². The number of nitrogens with one attached hydrogen (secondary N) is 2. The van der Waals surface area contributed by atoms with Gasteiger partial charge in [-0.05, 0) is 74.7 Å². The van der Waals surface area contributed by atoms with Crippen molar-refractivity contribution >= 4 is 39.9 Å². The van der Waals surface area contributed by atoms with Gasteiger partial charge in [0.2, 0.25) is 11.8 Å². The Kier molecular flexibility index (Phi) is 7.16. The molecule has 3 heterocycles. The van der Waals surface area contributed by atoms with Crippen LogP contribution in [0.1, 0.15) is 54.4 Å². The average Bonchev–Trinajstić information content (AvgIpc) is 3.55. The van der Waals surface area contributed by atoms with Crippen LogP contribution in [-0.2, 0) is 14.3 Å². The first-order chi connectivity index (χ1) is 15.5. The van der Waals surface area contributed by atoms with Crippen LogP contribution in [0.25, 0.3) is 0 Å². The summed E-state index contributed by atoms with van der Waals surface area (Å²) in [5, 5.41) is 8.30. The molecular formula is C23H28N4O4S. The Morgan fingerprint density at radius 3 is 2.59 bits per heavy atom. The molecule has 1 saturated heterocycles. The minimum Gasteiger partial charge on any atom is -0.462 e. The van der Waals surface area contributed by atoms with Crippen LogP contribution in [0.2, 0.25) is 0 Å². The molecule has 170 valence electrons. The summed E-state index contributed by atoms with van der Waals surface area (Å²) in [6, 6.07) is 5.40. The van der Waals surface area contributed by atoms with Crippen LogP contribution in [0.4, 0.5) is 10.8 Å². The van der Waals surface area contributed by atoms with Gasteiger partial charge in [-0.1, -0.05) is 6.07 Å². The Labute approximate surface area is 191 Å². The minimum absolute atomic E-state index is 0.0296. The predicted molar refractivity (Wildman–Crippen MR) is 123 cm³/mol. The van der Waals surface area contributed by atoms with Gasteiger partial charge in [0.25, 0.3) is 0 Å². The quantitative estimate of drug-likeness (QED) is 0.590. The largest absolute Gasteiger partial charge is 0.462 e. The summed E-state index contributed by atoms with van der Waals surface area (Å²) < 4.78 is 5.22. The molecule has 0 unspecified atom stereocenters. The number of thiophene rings is 1. The van der Waals surface area contributed by atoms with Gasteiger partial charge in [0.05, 0.1) is 18.7 Å². The van der Waals surface area contributed by atoms with E-state index in [0.717, 1.165) is 18.4 Å². The van der Waals surface area contributed by atoms with E-state index in [-0.39, 0.29) is 30.2 Å². The summed E-state index contributed by atoms with van der Waals surface area (Å²) in [6.07, 6.45) is 5.15. The maximum Gasteiger partial charge on any atom is 0.341 e. The molecule has 2 aromatic rings. The van der Waals surface area contributed by atoms with E-state index in [1.165, 1.54) is 11.3 Å². The van der Waals surface area contributed by atoms with Gasteiger partial charge >= 0.3 is 5.97 Å². The van der Waals surface area contributed by atoms with Crippen molar-refractivity contribution in [2.24, 2.45) is 5.92 Å². The minimum atomic E-state index is -0.370. The van der Waals surface area contributed by atoms with E-state index >= 15 is 0 Å². The van der Waals surface area contributed by atoms with Crippen molar-refractivity contribution < 1.29 is 19.1 Å². The first kappa shape index (κ1) is 22.4. The van der Waals surface area contributed by atoms with E-state index in [1.54, 1.807) is 25.3 Å². The van der Waals surface area contributed by atoms with E-state index in [1.807, 2.05) is 16.3 Å². The molecule has 2 N–H and O–H groups in total. The fourth-order valence-corrected chi connectivity index (χ4v) is 5.01. The Balaban J connectivity index is 1.28. The van der Waals surface area contributed by atoms with Crippen molar-refractivity contribution in [1.82, 2.24) is 9.88 Å². The van der Waals surface area contributed by atoms with E-state index in [0.29, 0.717) is 54.8 Å². The molecule has 0 radical (unpaired) electrons. The number of aromatic nitrogens is 1. The molecule has 0 bridgehead atoms. The van der Waals surface area contributed by atoms with Gasteiger partial charge in [0.15, 0.2) is 0 Å². The standard InChI is InChI=1S/C23H28N4O4S/c1-2-31-23(30)20-17(15-6-7-15)14-32-22(20)26-19(28)13-27-11-8-16(9-12-27)21(29)25-18-5-3-4-10-24-18/h3-5,10,14-16H,2,6-9,11-13H2,1H3,(H,26,28)(H,24,25,29). The van der Waals surface area contributed by atoms with E-state index in [9.17, 15) is 14.4 Å². The lowest BCUT2D eigenvalue weighted by Crippen LogP contribution is -2.41. The van der Waals surface area contributed by atoms with E-state index in [2.05, 4.69) is 15.6 Å². The third kappa shape index (κ3) is 5.52. The first-order valence-corrected chi connectivity index (χ1v) is 12.0. The second-order valence-corrected chi connectivity index (χ2v) is 9.07. The normalized spacial score (nSPS) is 17.0. The highest BCUT2D eigenvalue weighted by Gasteiger charge is 2.33. The highest BCUT2D eigenvalue weighted by molar-refractivity contribution is 7.15. The van der Waals surface area contributed by atoms with Crippen LogP contribution in [0.5, 0.6) is 0 Å². The van der Waals surface area contributed by atoms with Crippen LogP contribution in [0.15, 0.2) is 29.8 Å². The number of nitrogens with zero attached hydrogens (tertiary/aromatic N) is 2. The highest BCUT2D eigenvalue weighted by Crippen LogP contribution is 2.46. The average molecular weight is 457 g/mol. The maximum atomic E-state index is 12.7. The number of anilines is 2. The van der Waals surface area contributed by atoms with Gasteiger partial charge in [0.1, 0.15) is 10.8 Å². The third-order valence-corrected chi connectivity index (χ3v) is 6.72. The summed E-state index contributed by atoms with van der Waals surface area (Å²) in [5.41, 5.74) is 1.50.